The second kappa shape index (κ2) is 19.2. The van der Waals surface area contributed by atoms with Crippen molar-refractivity contribution in [1.82, 2.24) is 14.1 Å². The second-order valence-electron chi connectivity index (χ2n) is 20.6. The zero-order chi connectivity index (χ0) is 48.9. The molecule has 6 heteroatoms. The number of pyridine rings is 1. The van der Waals surface area contributed by atoms with E-state index in [2.05, 4.69) is 270 Å². The molecule has 0 unspecified atom stereocenters. The van der Waals surface area contributed by atoms with E-state index >= 15 is 0 Å². The van der Waals surface area contributed by atoms with Crippen LogP contribution in [0, 0.1) is 18.5 Å². The standard InChI is InChI=1S/C66H56N4O.Pt/c1-64(2,3)52-32-33-67-63(42-52)70-61-31-28-48(46-20-12-8-13-21-46)38-60(61)59-30-29-57(44-62(59)70)71-58-41-54(66(6,7)51-26-18-11-19-27-51)40-56(43-58)69-35-34-68(45-69)55-37-49(47-22-14-9-15-23-47)36-53(39-55)65(4,5)50-24-16-10-17-25-50;/h8-42H,1-7H3;/q-2;. The Balaban J connectivity index is 0.00000596. The number of aromatic nitrogens is 4. The molecule has 0 saturated carbocycles. The number of fused-ring (bicyclic) bond motifs is 3. The first-order chi connectivity index (χ1) is 34.3. The number of benzene rings is 8. The van der Waals surface area contributed by atoms with Gasteiger partial charge in [0.05, 0.1) is 5.69 Å². The fraction of sp³-hybridized carbons (Fsp3) is 0.152. The number of rotatable bonds is 11. The fourth-order valence-corrected chi connectivity index (χ4v) is 9.78. The Labute approximate surface area is 438 Å². The summed E-state index contributed by atoms with van der Waals surface area (Å²) in [6.45, 7) is 15.8. The molecule has 3 aromatic heterocycles. The van der Waals surface area contributed by atoms with Crippen LogP contribution in [0.15, 0.2) is 213 Å². The largest absolute Gasteiger partial charge is 0.510 e. The minimum Gasteiger partial charge on any atom is -0.510 e. The first-order valence-corrected chi connectivity index (χ1v) is 24.4. The molecule has 11 rings (SSSR count). The van der Waals surface area contributed by atoms with Crippen LogP contribution in [0.5, 0.6) is 11.5 Å². The van der Waals surface area contributed by atoms with Gasteiger partial charge in [-0.05, 0) is 96.7 Å². The summed E-state index contributed by atoms with van der Waals surface area (Å²) in [6, 6.07) is 76.2. The van der Waals surface area contributed by atoms with E-state index in [0.717, 1.165) is 61.3 Å². The van der Waals surface area contributed by atoms with Gasteiger partial charge in [-0.15, -0.1) is 35.2 Å². The maximum absolute atomic E-state index is 6.95. The number of imidazole rings is 1. The van der Waals surface area contributed by atoms with Gasteiger partial charge in [0.2, 0.25) is 0 Å². The predicted molar refractivity (Wildman–Crippen MR) is 289 cm³/mol. The van der Waals surface area contributed by atoms with Crippen molar-refractivity contribution in [3.8, 4) is 50.9 Å². The predicted octanol–water partition coefficient (Wildman–Crippen LogP) is 15.7. The molecule has 5 nitrogen and oxygen atoms in total. The molecule has 0 radical (unpaired) electrons. The van der Waals surface area contributed by atoms with Gasteiger partial charge in [0, 0.05) is 62.1 Å². The topological polar surface area (TPSA) is 35.9 Å². The van der Waals surface area contributed by atoms with E-state index in [9.17, 15) is 0 Å². The average Bonchev–Trinajstić information content (AvgIpc) is 4.03. The van der Waals surface area contributed by atoms with Crippen molar-refractivity contribution in [1.29, 1.82) is 0 Å². The molecule has 0 saturated heterocycles. The fourth-order valence-electron chi connectivity index (χ4n) is 9.78. The molecule has 0 spiro atoms. The molecule has 72 heavy (non-hydrogen) atoms. The maximum atomic E-state index is 6.95. The van der Waals surface area contributed by atoms with Crippen molar-refractivity contribution in [3.05, 3.63) is 259 Å². The van der Waals surface area contributed by atoms with Crippen LogP contribution in [0.3, 0.4) is 0 Å². The zero-order valence-corrected chi connectivity index (χ0v) is 44.0. The first-order valence-electron chi connectivity index (χ1n) is 24.4. The number of hydrogen-bond donors (Lipinski definition) is 0. The number of hydrogen-bond acceptors (Lipinski definition) is 2. The number of ether oxygens (including phenoxy) is 1. The van der Waals surface area contributed by atoms with Crippen molar-refractivity contribution in [2.75, 3.05) is 0 Å². The normalized spacial score (nSPS) is 12.0. The molecule has 358 valence electrons. The molecule has 0 atom stereocenters. The summed E-state index contributed by atoms with van der Waals surface area (Å²) in [7, 11) is 0. The monoisotopic (exact) mass is 1120 g/mol. The minimum atomic E-state index is -0.380. The molecular weight excluding hydrogens is 1060 g/mol. The summed E-state index contributed by atoms with van der Waals surface area (Å²) in [5.41, 5.74) is 13.6. The molecule has 0 bridgehead atoms. The minimum absolute atomic E-state index is 0. The van der Waals surface area contributed by atoms with Gasteiger partial charge in [-0.1, -0.05) is 194 Å². The van der Waals surface area contributed by atoms with Gasteiger partial charge in [0.15, 0.2) is 0 Å². The van der Waals surface area contributed by atoms with Crippen LogP contribution in [-0.2, 0) is 37.3 Å². The molecule has 0 N–H and O–H groups in total. The van der Waals surface area contributed by atoms with Gasteiger partial charge >= 0.3 is 0 Å². The summed E-state index contributed by atoms with van der Waals surface area (Å²) in [6.07, 6.45) is 9.70. The maximum Gasteiger partial charge on any atom is 0.267 e. The molecule has 0 aliphatic rings. The Morgan fingerprint density at radius 2 is 1.10 bits per heavy atom. The molecule has 0 aliphatic heterocycles. The van der Waals surface area contributed by atoms with E-state index in [1.165, 1.54) is 27.8 Å². The van der Waals surface area contributed by atoms with Gasteiger partial charge in [-0.25, -0.2) is 4.98 Å². The van der Waals surface area contributed by atoms with Crippen molar-refractivity contribution in [3.63, 3.8) is 0 Å². The Morgan fingerprint density at radius 3 is 1.74 bits per heavy atom. The van der Waals surface area contributed by atoms with Gasteiger partial charge in [-0.3, -0.25) is 4.57 Å². The van der Waals surface area contributed by atoms with E-state index < -0.39 is 0 Å². The molecular formula is C66H56N4OPt-2. The van der Waals surface area contributed by atoms with Crippen molar-refractivity contribution >= 4 is 21.8 Å². The number of nitrogens with zero attached hydrogens (tertiary/aromatic N) is 4. The van der Waals surface area contributed by atoms with Crippen LogP contribution in [0.25, 0.3) is 61.3 Å². The van der Waals surface area contributed by atoms with Crippen molar-refractivity contribution < 1.29 is 30.4 Å². The van der Waals surface area contributed by atoms with Crippen LogP contribution >= 0.6 is 0 Å². The molecule has 0 fully saturated rings. The third kappa shape index (κ3) is 9.26. The molecule has 0 amide bonds. The summed E-state index contributed by atoms with van der Waals surface area (Å²) in [5.74, 6) is 1.98. The summed E-state index contributed by atoms with van der Waals surface area (Å²) >= 11 is 0. The second-order valence-corrected chi connectivity index (χ2v) is 20.6. The van der Waals surface area contributed by atoms with Crippen LogP contribution in [0.4, 0.5) is 0 Å². The zero-order valence-electron chi connectivity index (χ0n) is 41.7. The van der Waals surface area contributed by atoms with E-state index in [4.69, 9.17) is 9.72 Å². The smallest absolute Gasteiger partial charge is 0.267 e. The van der Waals surface area contributed by atoms with Gasteiger partial charge in [0.1, 0.15) is 5.82 Å². The summed E-state index contributed by atoms with van der Waals surface area (Å²) in [5, 5.41) is 2.18. The van der Waals surface area contributed by atoms with Crippen molar-refractivity contribution in [2.24, 2.45) is 0 Å². The Kier molecular flexibility index (Phi) is 12.8. The van der Waals surface area contributed by atoms with E-state index in [-0.39, 0.29) is 37.3 Å². The summed E-state index contributed by atoms with van der Waals surface area (Å²) in [4.78, 5) is 4.96. The Bertz CT molecular complexity index is 3700. The molecule has 11 aromatic rings. The van der Waals surface area contributed by atoms with Gasteiger partial charge < -0.3 is 13.9 Å². The first kappa shape index (κ1) is 48.1. The van der Waals surface area contributed by atoms with E-state index in [1.54, 1.807) is 0 Å². The van der Waals surface area contributed by atoms with Crippen LogP contribution in [0.2, 0.25) is 0 Å². The van der Waals surface area contributed by atoms with Crippen molar-refractivity contribution in [2.45, 2.75) is 64.7 Å². The molecule has 3 heterocycles. The summed E-state index contributed by atoms with van der Waals surface area (Å²) < 4.78 is 13.3. The van der Waals surface area contributed by atoms with Crippen LogP contribution in [0.1, 0.15) is 76.3 Å². The SMILES string of the molecule is CC(C)(C)c1ccnc(-n2c3[c-]c(Oc4[c-]c(-n5[c-][n+](-c6cc(-c7ccccc7)cc(C(C)(C)c7ccccc7)c6)cc5)cc(C(C)(C)c5ccccc5)c4)ccc3c3cc(-c4ccccc4)ccc32)c1.[Pt]. The van der Waals surface area contributed by atoms with Crippen LogP contribution in [-0.4, -0.2) is 14.1 Å². The third-order valence-electron chi connectivity index (χ3n) is 14.2. The Morgan fingerprint density at radius 1 is 0.486 bits per heavy atom. The third-order valence-corrected chi connectivity index (χ3v) is 14.2. The van der Waals surface area contributed by atoms with E-state index in [1.807, 2.05) is 23.0 Å². The Hall–Kier alpha value is -7.59. The molecule has 0 aliphatic carbocycles. The molecule has 8 aromatic carbocycles. The van der Waals surface area contributed by atoms with E-state index in [0.29, 0.717) is 11.5 Å². The van der Waals surface area contributed by atoms with Gasteiger partial charge in [0.25, 0.3) is 6.33 Å². The average molecular weight is 1120 g/mol. The van der Waals surface area contributed by atoms with Gasteiger partial charge in [-0.2, -0.15) is 12.1 Å². The van der Waals surface area contributed by atoms with Crippen LogP contribution < -0.4 is 9.30 Å². The quantitative estimate of drug-likeness (QED) is 0.0956.